The normalized spacial score (nSPS) is 17.8. The first-order valence-electron chi connectivity index (χ1n) is 11.3. The molecule has 1 fully saturated rings. The summed E-state index contributed by atoms with van der Waals surface area (Å²) < 4.78 is 15.5. The van der Waals surface area contributed by atoms with Crippen molar-refractivity contribution < 1.29 is 18.8 Å². The topological polar surface area (TPSA) is 101 Å². The van der Waals surface area contributed by atoms with Crippen LogP contribution in [0.25, 0.3) is 10.9 Å². The number of anilines is 1. The van der Waals surface area contributed by atoms with Gasteiger partial charge in [-0.25, -0.2) is 14.0 Å². The average molecular weight is 500 g/mol. The number of nitrogens with zero attached hydrogens (tertiary/aromatic N) is 3. The minimum absolute atomic E-state index is 0.00966. The number of likely N-dealkylation sites (tertiary alicyclic amines) is 1. The minimum Gasteiger partial charge on any atom is -0.351 e. The number of primary amides is 1. The number of likely N-dealkylation sites (N-methyl/N-ethyl adjacent to an activating group) is 1. The fourth-order valence-electron chi connectivity index (χ4n) is 4.53. The largest absolute Gasteiger partial charge is 0.351 e. The highest BCUT2D eigenvalue weighted by Crippen LogP contribution is 2.29. The van der Waals surface area contributed by atoms with Crippen molar-refractivity contribution in [2.75, 3.05) is 26.0 Å². The van der Waals surface area contributed by atoms with Gasteiger partial charge in [0, 0.05) is 30.6 Å². The second kappa shape index (κ2) is 10.1. The van der Waals surface area contributed by atoms with Gasteiger partial charge < -0.3 is 20.9 Å². The maximum absolute atomic E-state index is 14.3. The van der Waals surface area contributed by atoms with Crippen molar-refractivity contribution in [2.45, 2.75) is 31.3 Å². The zero-order valence-electron chi connectivity index (χ0n) is 19.5. The fourth-order valence-corrected chi connectivity index (χ4v) is 4.73. The van der Waals surface area contributed by atoms with E-state index in [0.29, 0.717) is 35.1 Å². The number of nitrogens with one attached hydrogen (secondary N) is 1. The summed E-state index contributed by atoms with van der Waals surface area (Å²) in [4.78, 5) is 41.9. The molecule has 1 saturated heterocycles. The number of benzene rings is 2. The van der Waals surface area contributed by atoms with Crippen molar-refractivity contribution in [3.63, 3.8) is 0 Å². The Morgan fingerprint density at radius 3 is 2.63 bits per heavy atom. The molecule has 4 rings (SSSR count). The number of Topliss-reactive ketones (excluding diaryl/α,β-unsaturated/α-hetero) is 1. The van der Waals surface area contributed by atoms with Crippen LogP contribution < -0.4 is 11.1 Å². The molecule has 0 bridgehead atoms. The Hall–Kier alpha value is -3.43. The number of rotatable bonds is 6. The van der Waals surface area contributed by atoms with Crippen LogP contribution in [-0.4, -0.2) is 64.9 Å². The number of hydrogen-bond acceptors (Lipinski definition) is 4. The molecule has 3 aromatic rings. The number of amides is 3. The zero-order chi connectivity index (χ0) is 25.3. The third-order valence-electron chi connectivity index (χ3n) is 6.51. The molecule has 8 nitrogen and oxygen atoms in total. The van der Waals surface area contributed by atoms with E-state index in [1.54, 1.807) is 36.4 Å². The number of para-hydroxylation sites is 1. The molecule has 10 heteroatoms. The van der Waals surface area contributed by atoms with Gasteiger partial charge in [0.15, 0.2) is 5.78 Å². The molecule has 184 valence electrons. The third-order valence-corrected chi connectivity index (χ3v) is 6.80. The maximum Gasteiger partial charge on any atom is 0.323 e. The lowest BCUT2D eigenvalue weighted by molar-refractivity contribution is -0.122. The highest BCUT2D eigenvalue weighted by atomic mass is 35.5. The SMILES string of the molecule is CN(C)[C@H]1C[C@@H](C(=O)CCc2cccc(Cl)c2F)N(C(=O)Nc2cn(C(N)=O)c3ccccc23)C1. The highest BCUT2D eigenvalue weighted by Gasteiger charge is 2.40. The molecular weight excluding hydrogens is 473 g/mol. The summed E-state index contributed by atoms with van der Waals surface area (Å²) in [5.74, 6) is -0.677. The number of carbonyl (C=O) groups is 3. The Balaban J connectivity index is 1.54. The average Bonchev–Trinajstić information content (AvgIpc) is 3.43. The van der Waals surface area contributed by atoms with Crippen LogP contribution in [0.2, 0.25) is 5.02 Å². The van der Waals surface area contributed by atoms with Crippen molar-refractivity contribution in [3.05, 3.63) is 65.1 Å². The first kappa shape index (κ1) is 24.7. The Bertz CT molecular complexity index is 1290. The second-order valence-corrected chi connectivity index (χ2v) is 9.31. The quantitative estimate of drug-likeness (QED) is 0.533. The summed E-state index contributed by atoms with van der Waals surface area (Å²) >= 11 is 5.86. The van der Waals surface area contributed by atoms with Crippen LogP contribution in [-0.2, 0) is 11.2 Å². The van der Waals surface area contributed by atoms with Crippen molar-refractivity contribution in [1.29, 1.82) is 0 Å². The Labute approximate surface area is 207 Å². The summed E-state index contributed by atoms with van der Waals surface area (Å²) in [6.07, 6.45) is 2.21. The third kappa shape index (κ3) is 5.01. The number of aromatic nitrogens is 1. The van der Waals surface area contributed by atoms with E-state index in [0.717, 1.165) is 0 Å². The summed E-state index contributed by atoms with van der Waals surface area (Å²) in [6, 6.07) is 9.99. The van der Waals surface area contributed by atoms with Gasteiger partial charge in [-0.15, -0.1) is 0 Å². The summed E-state index contributed by atoms with van der Waals surface area (Å²) in [7, 11) is 3.80. The molecule has 1 aromatic heterocycles. The first-order chi connectivity index (χ1) is 16.7. The van der Waals surface area contributed by atoms with E-state index in [-0.39, 0.29) is 29.7 Å². The van der Waals surface area contributed by atoms with Crippen LogP contribution in [0.4, 0.5) is 19.7 Å². The Morgan fingerprint density at radius 1 is 1.17 bits per heavy atom. The molecular formula is C25H27ClFN5O3. The molecule has 1 aliphatic rings. The van der Waals surface area contributed by atoms with E-state index in [9.17, 15) is 18.8 Å². The maximum atomic E-state index is 14.3. The number of ketones is 1. The molecule has 3 N–H and O–H groups in total. The van der Waals surface area contributed by atoms with Crippen LogP contribution in [0.15, 0.2) is 48.7 Å². The first-order valence-corrected chi connectivity index (χ1v) is 11.6. The number of urea groups is 1. The van der Waals surface area contributed by atoms with Crippen molar-refractivity contribution >= 4 is 46.0 Å². The number of hydrogen-bond donors (Lipinski definition) is 2. The molecule has 0 saturated carbocycles. The molecule has 2 atom stereocenters. The van der Waals surface area contributed by atoms with Crippen LogP contribution in [0.3, 0.4) is 0 Å². The highest BCUT2D eigenvalue weighted by molar-refractivity contribution is 6.30. The standard InChI is InChI=1S/C25H27ClFN5O3/c1-30(2)16-12-21(22(33)11-10-15-6-5-8-18(26)23(15)27)32(13-16)25(35)29-19-14-31(24(28)34)20-9-4-3-7-17(19)20/h3-9,14,16,21H,10-13H2,1-2H3,(H2,28,34)(H,29,35)/t16-,21-/m0/s1. The minimum atomic E-state index is -0.670. The van der Waals surface area contributed by atoms with Gasteiger partial charge in [0.25, 0.3) is 0 Å². The van der Waals surface area contributed by atoms with Gasteiger partial charge in [0.05, 0.1) is 22.3 Å². The van der Waals surface area contributed by atoms with E-state index in [1.807, 2.05) is 19.0 Å². The Morgan fingerprint density at radius 2 is 1.91 bits per heavy atom. The van der Waals surface area contributed by atoms with E-state index in [1.165, 1.54) is 21.7 Å². The number of nitrogens with two attached hydrogens (primary N) is 1. The number of carbonyl (C=O) groups excluding carboxylic acids is 3. The lowest BCUT2D eigenvalue weighted by Gasteiger charge is -2.24. The van der Waals surface area contributed by atoms with E-state index >= 15 is 0 Å². The zero-order valence-corrected chi connectivity index (χ0v) is 20.3. The fraction of sp³-hybridized carbons (Fsp3) is 0.320. The summed E-state index contributed by atoms with van der Waals surface area (Å²) in [6.45, 7) is 0.356. The lowest BCUT2D eigenvalue weighted by Crippen LogP contribution is -2.43. The van der Waals surface area contributed by atoms with Gasteiger partial charge in [0.2, 0.25) is 0 Å². The van der Waals surface area contributed by atoms with Crippen LogP contribution in [0.5, 0.6) is 0 Å². The molecule has 0 spiro atoms. The monoisotopic (exact) mass is 499 g/mol. The van der Waals surface area contributed by atoms with Crippen molar-refractivity contribution in [1.82, 2.24) is 14.4 Å². The molecule has 35 heavy (non-hydrogen) atoms. The Kier molecular flexibility index (Phi) is 7.09. The number of aryl methyl sites for hydroxylation is 1. The van der Waals surface area contributed by atoms with Gasteiger partial charge in [-0.05, 0) is 44.6 Å². The van der Waals surface area contributed by atoms with Crippen LogP contribution >= 0.6 is 11.6 Å². The predicted octanol–water partition coefficient (Wildman–Crippen LogP) is 4.10. The number of fused-ring (bicyclic) bond motifs is 1. The smallest absolute Gasteiger partial charge is 0.323 e. The summed E-state index contributed by atoms with van der Waals surface area (Å²) in [5, 5.41) is 3.52. The van der Waals surface area contributed by atoms with E-state index < -0.39 is 23.9 Å². The van der Waals surface area contributed by atoms with Gasteiger partial charge in [-0.2, -0.15) is 0 Å². The van der Waals surface area contributed by atoms with E-state index in [4.69, 9.17) is 17.3 Å². The predicted molar refractivity (Wildman–Crippen MR) is 133 cm³/mol. The van der Waals surface area contributed by atoms with Crippen molar-refractivity contribution in [3.8, 4) is 0 Å². The van der Waals surface area contributed by atoms with Gasteiger partial charge >= 0.3 is 12.1 Å². The summed E-state index contributed by atoms with van der Waals surface area (Å²) in [5.41, 5.74) is 6.83. The molecule has 1 aliphatic heterocycles. The molecule has 3 amide bonds. The molecule has 2 aromatic carbocycles. The molecule has 0 radical (unpaired) electrons. The van der Waals surface area contributed by atoms with Crippen LogP contribution in [0.1, 0.15) is 18.4 Å². The second-order valence-electron chi connectivity index (χ2n) is 8.90. The molecule has 0 aliphatic carbocycles. The van der Waals surface area contributed by atoms with Crippen LogP contribution in [0, 0.1) is 5.82 Å². The van der Waals surface area contributed by atoms with Gasteiger partial charge in [-0.3, -0.25) is 9.36 Å². The van der Waals surface area contributed by atoms with E-state index in [2.05, 4.69) is 5.32 Å². The molecule has 2 heterocycles. The van der Waals surface area contributed by atoms with Gasteiger partial charge in [-0.1, -0.05) is 41.9 Å². The number of halogens is 2. The lowest BCUT2D eigenvalue weighted by atomic mass is 10.0. The molecule has 0 unspecified atom stereocenters. The van der Waals surface area contributed by atoms with Crippen molar-refractivity contribution in [2.24, 2.45) is 5.73 Å². The van der Waals surface area contributed by atoms with Gasteiger partial charge in [0.1, 0.15) is 5.82 Å².